The predicted molar refractivity (Wildman–Crippen MR) is 359 cm³/mol. The van der Waals surface area contributed by atoms with Crippen LogP contribution in [0.25, 0.3) is 0 Å². The van der Waals surface area contributed by atoms with Gasteiger partial charge in [0.2, 0.25) is 0 Å². The molecule has 470 valence electrons. The molecule has 3 amide bonds. The first kappa shape index (κ1) is 75.0. The zero-order valence-corrected chi connectivity index (χ0v) is 55.0. The summed E-state index contributed by atoms with van der Waals surface area (Å²) >= 11 is 19.3. The van der Waals surface area contributed by atoms with Crippen LogP contribution in [0.4, 0.5) is 0 Å². The number of carbonyl (C=O) groups excluding carboxylic acids is 3. The summed E-state index contributed by atoms with van der Waals surface area (Å²) in [6.07, 6.45) is 7.10. The van der Waals surface area contributed by atoms with Gasteiger partial charge in [0.15, 0.2) is 0 Å². The van der Waals surface area contributed by atoms with Crippen molar-refractivity contribution in [2.45, 2.75) is 91.3 Å². The predicted octanol–water partition coefficient (Wildman–Crippen LogP) is 15.2. The van der Waals surface area contributed by atoms with Crippen molar-refractivity contribution in [2.24, 2.45) is 0 Å². The van der Waals surface area contributed by atoms with Crippen molar-refractivity contribution in [3.8, 4) is 17.2 Å². The lowest BCUT2D eigenvalue weighted by Crippen LogP contribution is -2.37. The van der Waals surface area contributed by atoms with Crippen molar-refractivity contribution in [1.29, 1.82) is 0 Å². The Hall–Kier alpha value is -5.29. The highest BCUT2D eigenvalue weighted by Gasteiger charge is 2.29. The number of hydrogen-bond donors (Lipinski definition) is 3. The van der Waals surface area contributed by atoms with Gasteiger partial charge in [-0.15, -0.1) is 37.2 Å². The number of amides is 3. The van der Waals surface area contributed by atoms with E-state index in [9.17, 15) is 14.4 Å². The van der Waals surface area contributed by atoms with Crippen molar-refractivity contribution in [1.82, 2.24) is 30.7 Å². The molecule has 0 bridgehead atoms. The molecule has 19 heteroatoms. The van der Waals surface area contributed by atoms with Crippen LogP contribution in [0.15, 0.2) is 146 Å². The first-order valence-corrected chi connectivity index (χ1v) is 30.7. The summed E-state index contributed by atoms with van der Waals surface area (Å²) in [5.41, 5.74) is 4.88. The third-order valence-corrected chi connectivity index (χ3v) is 15.6. The summed E-state index contributed by atoms with van der Waals surface area (Å²) in [4.78, 5) is 45.4. The topological polar surface area (TPSA) is 134 Å². The number of nitrogens with zero attached hydrogens (tertiary/aromatic N) is 3. The van der Waals surface area contributed by atoms with E-state index in [0.717, 1.165) is 84.2 Å². The van der Waals surface area contributed by atoms with Crippen LogP contribution in [0.1, 0.15) is 139 Å². The van der Waals surface area contributed by atoms with Crippen LogP contribution in [0.2, 0.25) is 15.1 Å². The van der Waals surface area contributed by atoms with Crippen LogP contribution in [0.3, 0.4) is 0 Å². The first-order chi connectivity index (χ1) is 40.5. The van der Waals surface area contributed by atoms with E-state index in [1.807, 2.05) is 162 Å². The summed E-state index contributed by atoms with van der Waals surface area (Å²) < 4.78 is 21.6. The second-order valence-electron chi connectivity index (χ2n) is 20.0. The van der Waals surface area contributed by atoms with Gasteiger partial charge in [-0.3, -0.25) is 29.1 Å². The summed E-state index contributed by atoms with van der Waals surface area (Å²) in [5.74, 6) is 1.48. The Morgan fingerprint density at radius 3 is 0.826 bits per heavy atom. The van der Waals surface area contributed by atoms with E-state index in [0.29, 0.717) is 73.4 Å². The van der Waals surface area contributed by atoms with E-state index < -0.39 is 0 Å². The van der Waals surface area contributed by atoms with Gasteiger partial charge in [-0.2, -0.15) is 0 Å². The van der Waals surface area contributed by atoms with Crippen molar-refractivity contribution in [3.05, 3.63) is 194 Å². The molecule has 3 fully saturated rings. The molecule has 3 unspecified atom stereocenters. The summed E-state index contributed by atoms with van der Waals surface area (Å²) in [6.45, 7) is 20.7. The SMILES string of the molecule is CCOCC.CCOc1ccccc1C(=O)NCC(c1ccccc1Cl)N1CCCC1.CCOc1ccccc1C(=O)NCC(c1ccccc1Cl)N1CCCC1.CCOc1ccccc1C(=O)NCC(c1ccccc1Cl)N1CCCC1.Cl.Cl.Cl. The zero-order valence-electron chi connectivity index (χ0n) is 50.3. The van der Waals surface area contributed by atoms with Crippen LogP contribution in [0, 0.1) is 0 Å². The van der Waals surface area contributed by atoms with Gasteiger partial charge in [-0.05, 0) is 184 Å². The summed E-state index contributed by atoms with van der Waals surface area (Å²) in [7, 11) is 0. The Labute approximate surface area is 544 Å². The molecule has 3 aliphatic rings. The third kappa shape index (κ3) is 23.0. The quantitative estimate of drug-likeness (QED) is 0.0569. The number of para-hydroxylation sites is 3. The normalized spacial score (nSPS) is 14.7. The Morgan fingerprint density at radius 2 is 0.605 bits per heavy atom. The van der Waals surface area contributed by atoms with Crippen molar-refractivity contribution in [2.75, 3.05) is 91.9 Å². The number of likely N-dealkylation sites (tertiary alicyclic amines) is 3. The smallest absolute Gasteiger partial charge is 0.255 e. The average Bonchev–Trinajstić information content (AvgIpc) is 3.96. The lowest BCUT2D eigenvalue weighted by molar-refractivity contribution is 0.0925. The van der Waals surface area contributed by atoms with E-state index in [2.05, 4.69) is 30.7 Å². The van der Waals surface area contributed by atoms with Gasteiger partial charge in [-0.1, -0.05) is 126 Å². The number of rotatable bonds is 23. The van der Waals surface area contributed by atoms with Crippen LogP contribution in [-0.2, 0) is 4.74 Å². The largest absolute Gasteiger partial charge is 0.493 e. The molecule has 0 aliphatic carbocycles. The number of benzene rings is 6. The highest BCUT2D eigenvalue weighted by molar-refractivity contribution is 6.32. The Kier molecular flexibility index (Phi) is 36.4. The Bertz CT molecular complexity index is 2600. The maximum Gasteiger partial charge on any atom is 0.255 e. The fourth-order valence-corrected chi connectivity index (χ4v) is 11.4. The van der Waals surface area contributed by atoms with Gasteiger partial charge < -0.3 is 34.9 Å². The average molecular weight is 1300 g/mol. The minimum absolute atomic E-state index is 0. The van der Waals surface area contributed by atoms with Crippen molar-refractivity contribution >= 4 is 89.7 Å². The molecule has 3 aliphatic heterocycles. The molecule has 6 aromatic rings. The van der Waals surface area contributed by atoms with Gasteiger partial charge in [0.1, 0.15) is 17.2 Å². The second-order valence-corrected chi connectivity index (χ2v) is 21.3. The fraction of sp³-hybridized carbons (Fsp3) is 0.418. The van der Waals surface area contributed by atoms with Crippen molar-refractivity contribution < 1.29 is 33.3 Å². The van der Waals surface area contributed by atoms with Crippen LogP contribution >= 0.6 is 72.0 Å². The van der Waals surface area contributed by atoms with E-state index in [-0.39, 0.29) is 73.1 Å². The van der Waals surface area contributed by atoms with Gasteiger partial charge in [0, 0.05) is 47.9 Å². The molecular formula is C67H88Cl6N6O7. The van der Waals surface area contributed by atoms with Crippen LogP contribution < -0.4 is 30.2 Å². The van der Waals surface area contributed by atoms with Gasteiger partial charge >= 0.3 is 0 Å². The number of halogens is 6. The van der Waals surface area contributed by atoms with Crippen molar-refractivity contribution in [3.63, 3.8) is 0 Å². The molecule has 86 heavy (non-hydrogen) atoms. The first-order valence-electron chi connectivity index (χ1n) is 29.6. The van der Waals surface area contributed by atoms with E-state index in [1.165, 1.54) is 38.5 Å². The van der Waals surface area contributed by atoms with E-state index >= 15 is 0 Å². The number of hydrogen-bond acceptors (Lipinski definition) is 10. The molecule has 0 radical (unpaired) electrons. The van der Waals surface area contributed by atoms with Gasteiger partial charge in [0.05, 0.1) is 54.6 Å². The van der Waals surface area contributed by atoms with Gasteiger partial charge in [0.25, 0.3) is 17.7 Å². The molecule has 3 N–H and O–H groups in total. The standard InChI is InChI=1S/3C21H25ClN2O2.C4H10O.3ClH/c3*1-2-26-20-12-6-4-10-17(20)21(25)23-15-19(24-13-7-8-14-24)16-9-3-5-11-18(16)22;1-3-5-4-2;;;/h3*3-6,9-12,19H,2,7-8,13-15H2,1H3,(H,23,25);3-4H2,1-2H3;3*1H. The molecule has 9 rings (SSSR count). The highest BCUT2D eigenvalue weighted by Crippen LogP contribution is 2.33. The number of ether oxygens (including phenoxy) is 4. The summed E-state index contributed by atoms with van der Waals surface area (Å²) in [5, 5.41) is 11.5. The van der Waals surface area contributed by atoms with E-state index in [1.54, 1.807) is 18.2 Å². The molecule has 3 heterocycles. The number of nitrogens with one attached hydrogen (secondary N) is 3. The van der Waals surface area contributed by atoms with Crippen LogP contribution in [-0.4, -0.2) is 124 Å². The maximum atomic E-state index is 12.7. The molecule has 3 atom stereocenters. The molecule has 6 aromatic carbocycles. The molecule has 0 saturated carbocycles. The molecular weight excluding hydrogens is 1210 g/mol. The lowest BCUT2D eigenvalue weighted by Gasteiger charge is -2.29. The minimum Gasteiger partial charge on any atom is -0.493 e. The molecule has 0 spiro atoms. The molecule has 3 saturated heterocycles. The van der Waals surface area contributed by atoms with E-state index in [4.69, 9.17) is 53.8 Å². The Balaban J connectivity index is 0.000000319. The number of carbonyl (C=O) groups is 3. The molecule has 0 aromatic heterocycles. The van der Waals surface area contributed by atoms with Crippen LogP contribution in [0.5, 0.6) is 17.2 Å². The highest BCUT2D eigenvalue weighted by atomic mass is 35.5. The molecule has 13 nitrogen and oxygen atoms in total. The fourth-order valence-electron chi connectivity index (χ4n) is 10.6. The zero-order chi connectivity index (χ0) is 59.2. The summed E-state index contributed by atoms with van der Waals surface area (Å²) in [6, 6.07) is 45.9. The second kappa shape index (κ2) is 41.8. The monoisotopic (exact) mass is 1300 g/mol. The lowest BCUT2D eigenvalue weighted by atomic mass is 10.0. The minimum atomic E-state index is -0.120. The third-order valence-electron chi connectivity index (χ3n) is 14.6. The van der Waals surface area contributed by atoms with Gasteiger partial charge in [-0.25, -0.2) is 0 Å². The Morgan fingerprint density at radius 1 is 0.372 bits per heavy atom. The maximum absolute atomic E-state index is 12.7.